The lowest BCUT2D eigenvalue weighted by molar-refractivity contribution is -0.241. The van der Waals surface area contributed by atoms with Crippen LogP contribution in [0.25, 0.3) is 0 Å². The van der Waals surface area contributed by atoms with Gasteiger partial charge in [-0.3, -0.25) is 5.26 Å². The summed E-state index contributed by atoms with van der Waals surface area (Å²) in [7, 11) is 0. The fraction of sp³-hybridized carbons (Fsp3) is 0.478. The summed E-state index contributed by atoms with van der Waals surface area (Å²) in [4.78, 5) is 9.37. The second-order valence-electron chi connectivity index (χ2n) is 7.94. The van der Waals surface area contributed by atoms with Crippen molar-refractivity contribution in [1.29, 1.82) is 0 Å². The van der Waals surface area contributed by atoms with Crippen LogP contribution in [0.3, 0.4) is 0 Å². The molecule has 0 atom stereocenters. The number of anilines is 1. The first-order chi connectivity index (χ1) is 13.7. The van der Waals surface area contributed by atoms with Crippen LogP contribution in [0.5, 0.6) is 0 Å². The number of halogens is 1. The summed E-state index contributed by atoms with van der Waals surface area (Å²) in [5.41, 5.74) is 5.24. The van der Waals surface area contributed by atoms with Gasteiger partial charge in [0.25, 0.3) is 0 Å². The molecular weight excluding hydrogens is 355 g/mol. The van der Waals surface area contributed by atoms with Crippen LogP contribution in [0, 0.1) is 5.82 Å². The minimum Gasteiger partial charge on any atom is -0.368 e. The van der Waals surface area contributed by atoms with Crippen molar-refractivity contribution < 1.29 is 14.5 Å². The van der Waals surface area contributed by atoms with Gasteiger partial charge in [0.15, 0.2) is 0 Å². The Labute approximate surface area is 166 Å². The quantitative estimate of drug-likeness (QED) is 0.580. The van der Waals surface area contributed by atoms with Crippen molar-refractivity contribution in [3.05, 3.63) is 65.0 Å². The molecule has 1 fully saturated rings. The molecule has 5 heteroatoms. The van der Waals surface area contributed by atoms with Gasteiger partial charge < -0.3 is 9.80 Å². The van der Waals surface area contributed by atoms with Gasteiger partial charge >= 0.3 is 0 Å². The molecule has 0 aliphatic carbocycles. The van der Waals surface area contributed by atoms with E-state index in [1.807, 2.05) is 12.1 Å². The Morgan fingerprint density at radius 2 is 1.71 bits per heavy atom. The monoisotopic (exact) mass is 384 g/mol. The molecule has 0 amide bonds. The van der Waals surface area contributed by atoms with Gasteiger partial charge in [-0.2, -0.15) is 0 Å². The van der Waals surface area contributed by atoms with E-state index in [9.17, 15) is 4.39 Å². The Kier molecular flexibility index (Phi) is 6.25. The molecule has 0 saturated carbocycles. The van der Waals surface area contributed by atoms with E-state index in [1.165, 1.54) is 35.2 Å². The van der Waals surface area contributed by atoms with Crippen LogP contribution >= 0.6 is 0 Å². The van der Waals surface area contributed by atoms with Crippen LogP contribution in [0.15, 0.2) is 42.5 Å². The zero-order valence-electron chi connectivity index (χ0n) is 16.3. The van der Waals surface area contributed by atoms with E-state index in [0.29, 0.717) is 12.6 Å². The highest BCUT2D eigenvalue weighted by atomic mass is 19.1. The molecule has 4 rings (SSSR count). The van der Waals surface area contributed by atoms with E-state index in [2.05, 4.69) is 32.9 Å². The average molecular weight is 384 g/mol. The Bertz CT molecular complexity index is 773. The van der Waals surface area contributed by atoms with E-state index < -0.39 is 0 Å². The molecule has 0 radical (unpaired) electrons. The topological polar surface area (TPSA) is 35.9 Å². The highest BCUT2D eigenvalue weighted by Crippen LogP contribution is 2.33. The minimum atomic E-state index is -0.164. The first-order valence-electron chi connectivity index (χ1n) is 10.3. The Morgan fingerprint density at radius 1 is 0.964 bits per heavy atom. The highest BCUT2D eigenvalue weighted by Gasteiger charge is 2.29. The van der Waals surface area contributed by atoms with Crippen molar-refractivity contribution >= 4 is 5.69 Å². The van der Waals surface area contributed by atoms with Gasteiger partial charge in [0.2, 0.25) is 0 Å². The lowest BCUT2D eigenvalue weighted by Gasteiger charge is -2.38. The molecule has 150 valence electrons. The van der Waals surface area contributed by atoms with Crippen LogP contribution in [-0.2, 0) is 24.2 Å². The number of piperidine rings is 1. The fourth-order valence-electron chi connectivity index (χ4n) is 4.54. The van der Waals surface area contributed by atoms with Crippen molar-refractivity contribution in [3.8, 4) is 0 Å². The molecule has 1 N–H and O–H groups in total. The molecule has 2 aromatic carbocycles. The largest absolute Gasteiger partial charge is 0.368 e. The van der Waals surface area contributed by atoms with Crippen molar-refractivity contribution in [2.24, 2.45) is 0 Å². The molecule has 2 aromatic rings. The summed E-state index contributed by atoms with van der Waals surface area (Å²) in [6.45, 7) is 4.73. The maximum Gasteiger partial charge on any atom is 0.123 e. The van der Waals surface area contributed by atoms with Crippen LogP contribution in [0.2, 0.25) is 0 Å². The van der Waals surface area contributed by atoms with Crippen molar-refractivity contribution in [3.63, 3.8) is 0 Å². The first-order valence-corrected chi connectivity index (χ1v) is 10.3. The molecule has 1 saturated heterocycles. The second-order valence-corrected chi connectivity index (χ2v) is 7.94. The number of fused-ring (bicyclic) bond motifs is 1. The third-order valence-corrected chi connectivity index (χ3v) is 6.19. The summed E-state index contributed by atoms with van der Waals surface area (Å²) in [6, 6.07) is 14.2. The Morgan fingerprint density at radius 3 is 2.46 bits per heavy atom. The maximum absolute atomic E-state index is 13.0. The zero-order valence-corrected chi connectivity index (χ0v) is 16.3. The van der Waals surface area contributed by atoms with Crippen LogP contribution in [0.4, 0.5) is 10.1 Å². The zero-order chi connectivity index (χ0) is 19.3. The molecular formula is C23H29FN2O2. The first kappa shape index (κ1) is 19.4. The predicted octanol–water partition coefficient (Wildman–Crippen LogP) is 3.93. The number of hydrogen-bond acceptors (Lipinski definition) is 4. The van der Waals surface area contributed by atoms with Crippen LogP contribution in [0.1, 0.15) is 29.5 Å². The van der Waals surface area contributed by atoms with Gasteiger partial charge in [-0.25, -0.2) is 9.28 Å². The van der Waals surface area contributed by atoms with Crippen LogP contribution in [-0.4, -0.2) is 49.0 Å². The molecule has 2 aliphatic heterocycles. The maximum atomic E-state index is 13.0. The molecule has 28 heavy (non-hydrogen) atoms. The molecule has 0 aromatic heterocycles. The van der Waals surface area contributed by atoms with Gasteiger partial charge in [-0.05, 0) is 67.0 Å². The van der Waals surface area contributed by atoms with E-state index in [0.717, 1.165) is 45.4 Å². The standard InChI is InChI=1S/C23H29FN2O2/c24-21-5-2-18(3-6-21)7-12-25-13-9-22(10-14-25)26-15-8-20-4-1-19(11-16-28-27)17-23(20)26/h1-6,17,22,27H,7-16H2. The molecule has 4 nitrogen and oxygen atoms in total. The molecule has 2 heterocycles. The van der Waals surface area contributed by atoms with E-state index >= 15 is 0 Å². The number of nitrogens with zero attached hydrogens (tertiary/aromatic N) is 2. The van der Waals surface area contributed by atoms with Gasteiger partial charge in [-0.15, -0.1) is 0 Å². The number of likely N-dealkylation sites (tertiary alicyclic amines) is 1. The second kappa shape index (κ2) is 9.03. The molecule has 0 unspecified atom stereocenters. The Hall–Kier alpha value is -1.95. The lowest BCUT2D eigenvalue weighted by Crippen LogP contribution is -2.45. The molecule has 0 spiro atoms. The number of hydrogen-bond donors (Lipinski definition) is 1. The predicted molar refractivity (Wildman–Crippen MR) is 109 cm³/mol. The van der Waals surface area contributed by atoms with Gasteiger partial charge in [0.05, 0.1) is 6.61 Å². The summed E-state index contributed by atoms with van der Waals surface area (Å²) in [5.74, 6) is -0.164. The fourth-order valence-corrected chi connectivity index (χ4v) is 4.54. The summed E-state index contributed by atoms with van der Waals surface area (Å²) < 4.78 is 13.0. The van der Waals surface area contributed by atoms with E-state index in [1.54, 1.807) is 12.1 Å². The Balaban J connectivity index is 1.30. The number of rotatable bonds is 7. The average Bonchev–Trinajstić information content (AvgIpc) is 3.15. The van der Waals surface area contributed by atoms with Crippen LogP contribution < -0.4 is 4.90 Å². The van der Waals surface area contributed by atoms with E-state index in [-0.39, 0.29) is 5.82 Å². The minimum absolute atomic E-state index is 0.164. The third kappa shape index (κ3) is 4.54. The van der Waals surface area contributed by atoms with Gasteiger partial charge in [0.1, 0.15) is 5.82 Å². The van der Waals surface area contributed by atoms with Crippen molar-refractivity contribution in [2.75, 3.05) is 37.7 Å². The van der Waals surface area contributed by atoms with Crippen molar-refractivity contribution in [1.82, 2.24) is 4.90 Å². The summed E-state index contributed by atoms with van der Waals surface area (Å²) in [5, 5.41) is 8.60. The molecule has 2 aliphatic rings. The van der Waals surface area contributed by atoms with Gasteiger partial charge in [0, 0.05) is 37.9 Å². The van der Waals surface area contributed by atoms with E-state index in [4.69, 9.17) is 5.26 Å². The van der Waals surface area contributed by atoms with Crippen molar-refractivity contribution in [2.45, 2.75) is 38.1 Å². The van der Waals surface area contributed by atoms with Gasteiger partial charge in [-0.1, -0.05) is 24.3 Å². The summed E-state index contributed by atoms with van der Waals surface area (Å²) >= 11 is 0. The number of benzene rings is 2. The SMILES string of the molecule is OOCCc1ccc2c(c1)N(C1CCN(CCc3ccc(F)cc3)CC1)CC2. The highest BCUT2D eigenvalue weighted by molar-refractivity contribution is 5.60. The summed E-state index contributed by atoms with van der Waals surface area (Å²) in [6.07, 6.45) is 5.21. The normalized spacial score (nSPS) is 17.9. The lowest BCUT2D eigenvalue weighted by atomic mass is 10.0. The molecule has 0 bridgehead atoms. The third-order valence-electron chi connectivity index (χ3n) is 6.19. The smallest absolute Gasteiger partial charge is 0.123 e.